The summed E-state index contributed by atoms with van der Waals surface area (Å²) in [6.07, 6.45) is 1.54. The summed E-state index contributed by atoms with van der Waals surface area (Å²) < 4.78 is 14.2. The molecular weight excluding hydrogens is 389 g/mol. The first-order chi connectivity index (χ1) is 11.7. The van der Waals surface area contributed by atoms with Crippen molar-refractivity contribution in [1.82, 2.24) is 4.98 Å². The lowest BCUT2D eigenvalue weighted by Gasteiger charge is -2.01. The number of hydrogen-bond acceptors (Lipinski definition) is 4. The summed E-state index contributed by atoms with van der Waals surface area (Å²) in [7, 11) is 0. The van der Waals surface area contributed by atoms with Crippen molar-refractivity contribution < 1.29 is 4.39 Å². The number of allylic oxidation sites excluding steroid dienone is 1. The SMILES string of the molecule is N#C/C(=C/Nc1cccc(F)c1)c1nc(-c2ccc(Br)cc2)cs1. The van der Waals surface area contributed by atoms with Crippen molar-refractivity contribution in [2.75, 3.05) is 5.32 Å². The average molecular weight is 400 g/mol. The van der Waals surface area contributed by atoms with E-state index >= 15 is 0 Å². The van der Waals surface area contributed by atoms with Gasteiger partial charge in [0, 0.05) is 27.3 Å². The molecule has 0 aliphatic carbocycles. The van der Waals surface area contributed by atoms with Gasteiger partial charge in [0.2, 0.25) is 0 Å². The molecule has 1 heterocycles. The topological polar surface area (TPSA) is 48.7 Å². The highest BCUT2D eigenvalue weighted by atomic mass is 79.9. The zero-order valence-electron chi connectivity index (χ0n) is 12.3. The van der Waals surface area contributed by atoms with Crippen LogP contribution < -0.4 is 5.32 Å². The molecule has 0 aliphatic rings. The van der Waals surface area contributed by atoms with E-state index in [9.17, 15) is 9.65 Å². The number of nitrogens with zero attached hydrogens (tertiary/aromatic N) is 2. The van der Waals surface area contributed by atoms with Crippen LogP contribution in [0.5, 0.6) is 0 Å². The summed E-state index contributed by atoms with van der Waals surface area (Å²) in [6, 6.07) is 16.0. The van der Waals surface area contributed by atoms with Gasteiger partial charge in [-0.15, -0.1) is 11.3 Å². The van der Waals surface area contributed by atoms with E-state index in [2.05, 4.69) is 32.3 Å². The standard InChI is InChI=1S/C18H11BrFN3S/c19-14-6-4-12(5-7-14)17-11-24-18(23-17)13(9-21)10-22-16-3-1-2-15(20)8-16/h1-8,10-11,22H/b13-10-. The monoisotopic (exact) mass is 399 g/mol. The van der Waals surface area contributed by atoms with Crippen molar-refractivity contribution in [1.29, 1.82) is 5.26 Å². The van der Waals surface area contributed by atoms with E-state index in [1.165, 1.54) is 23.5 Å². The number of rotatable bonds is 4. The van der Waals surface area contributed by atoms with Crippen molar-refractivity contribution >= 4 is 38.5 Å². The van der Waals surface area contributed by atoms with Crippen molar-refractivity contribution in [2.45, 2.75) is 0 Å². The van der Waals surface area contributed by atoms with Crippen LogP contribution in [-0.4, -0.2) is 4.98 Å². The molecule has 1 aromatic heterocycles. The van der Waals surface area contributed by atoms with Crippen molar-refractivity contribution in [3.8, 4) is 17.3 Å². The van der Waals surface area contributed by atoms with Crippen LogP contribution in [0.4, 0.5) is 10.1 Å². The molecule has 2 aromatic carbocycles. The third-order valence-corrected chi connectivity index (χ3v) is 4.61. The molecule has 24 heavy (non-hydrogen) atoms. The second kappa shape index (κ2) is 7.39. The van der Waals surface area contributed by atoms with Gasteiger partial charge in [0.25, 0.3) is 0 Å². The maximum absolute atomic E-state index is 13.2. The van der Waals surface area contributed by atoms with Crippen LogP contribution in [0.25, 0.3) is 16.8 Å². The average Bonchev–Trinajstić information content (AvgIpc) is 3.06. The lowest BCUT2D eigenvalue weighted by atomic mass is 10.2. The number of benzene rings is 2. The molecule has 3 aromatic rings. The van der Waals surface area contributed by atoms with Gasteiger partial charge < -0.3 is 5.32 Å². The van der Waals surface area contributed by atoms with E-state index in [4.69, 9.17) is 0 Å². The Morgan fingerprint density at radius 2 is 2.04 bits per heavy atom. The molecule has 0 unspecified atom stereocenters. The van der Waals surface area contributed by atoms with E-state index in [-0.39, 0.29) is 5.82 Å². The fourth-order valence-electron chi connectivity index (χ4n) is 2.03. The molecule has 0 spiro atoms. The fourth-order valence-corrected chi connectivity index (χ4v) is 3.09. The molecule has 0 fully saturated rings. The Bertz CT molecular complexity index is 926. The van der Waals surface area contributed by atoms with Gasteiger partial charge in [0.1, 0.15) is 22.5 Å². The van der Waals surface area contributed by atoms with Gasteiger partial charge in [-0.3, -0.25) is 0 Å². The van der Waals surface area contributed by atoms with E-state index in [1.54, 1.807) is 18.3 Å². The second-order valence-electron chi connectivity index (χ2n) is 4.87. The number of hydrogen-bond donors (Lipinski definition) is 1. The second-order valence-corrected chi connectivity index (χ2v) is 6.64. The predicted molar refractivity (Wildman–Crippen MR) is 98.9 cm³/mol. The Morgan fingerprint density at radius 1 is 1.25 bits per heavy atom. The molecule has 0 radical (unpaired) electrons. The lowest BCUT2D eigenvalue weighted by molar-refractivity contribution is 0.628. The highest BCUT2D eigenvalue weighted by Gasteiger charge is 2.09. The fraction of sp³-hybridized carbons (Fsp3) is 0. The number of nitriles is 1. The Kier molecular flexibility index (Phi) is 5.04. The van der Waals surface area contributed by atoms with Crippen LogP contribution in [0.15, 0.2) is 64.6 Å². The highest BCUT2D eigenvalue weighted by molar-refractivity contribution is 9.10. The Labute approximate surface area is 151 Å². The number of halogens is 2. The van der Waals surface area contributed by atoms with Crippen molar-refractivity contribution in [2.24, 2.45) is 0 Å². The normalized spacial score (nSPS) is 11.1. The molecular formula is C18H11BrFN3S. The molecule has 0 saturated heterocycles. The molecule has 0 atom stereocenters. The van der Waals surface area contributed by atoms with Crippen LogP contribution in [-0.2, 0) is 0 Å². The lowest BCUT2D eigenvalue weighted by Crippen LogP contribution is -1.91. The van der Waals surface area contributed by atoms with Gasteiger partial charge >= 0.3 is 0 Å². The predicted octanol–water partition coefficient (Wildman–Crippen LogP) is 5.69. The van der Waals surface area contributed by atoms with Crippen LogP contribution in [0.1, 0.15) is 5.01 Å². The molecule has 6 heteroatoms. The number of thiazole rings is 1. The number of anilines is 1. The van der Waals surface area contributed by atoms with Gasteiger partial charge in [-0.05, 0) is 30.3 Å². The molecule has 0 amide bonds. The molecule has 0 aliphatic heterocycles. The van der Waals surface area contributed by atoms with Gasteiger partial charge in [-0.1, -0.05) is 34.1 Å². The smallest absolute Gasteiger partial charge is 0.136 e. The van der Waals surface area contributed by atoms with Crippen LogP contribution in [0.3, 0.4) is 0 Å². The summed E-state index contributed by atoms with van der Waals surface area (Å²) in [5, 5.41) is 14.8. The maximum Gasteiger partial charge on any atom is 0.136 e. The largest absolute Gasteiger partial charge is 0.360 e. The van der Waals surface area contributed by atoms with Crippen LogP contribution in [0, 0.1) is 17.1 Å². The summed E-state index contributed by atoms with van der Waals surface area (Å²) in [6.45, 7) is 0. The van der Waals surface area contributed by atoms with E-state index < -0.39 is 0 Å². The first-order valence-electron chi connectivity index (χ1n) is 7.00. The Balaban J connectivity index is 1.82. The van der Waals surface area contributed by atoms with Crippen molar-refractivity contribution in [3.63, 3.8) is 0 Å². The summed E-state index contributed by atoms with van der Waals surface area (Å²) in [5.41, 5.74) is 2.77. The van der Waals surface area contributed by atoms with E-state index in [0.717, 1.165) is 15.7 Å². The zero-order valence-corrected chi connectivity index (χ0v) is 14.7. The maximum atomic E-state index is 13.2. The van der Waals surface area contributed by atoms with Crippen molar-refractivity contribution in [3.05, 3.63) is 75.4 Å². The Hall–Kier alpha value is -2.49. The van der Waals surface area contributed by atoms with Gasteiger partial charge in [0.05, 0.1) is 5.69 Å². The molecule has 118 valence electrons. The third kappa shape index (κ3) is 3.88. The van der Waals surface area contributed by atoms with Crippen LogP contribution in [0.2, 0.25) is 0 Å². The zero-order chi connectivity index (χ0) is 16.9. The third-order valence-electron chi connectivity index (χ3n) is 3.20. The van der Waals surface area contributed by atoms with Gasteiger partial charge in [0.15, 0.2) is 0 Å². The molecule has 3 rings (SSSR count). The minimum Gasteiger partial charge on any atom is -0.360 e. The molecule has 0 saturated carbocycles. The van der Waals surface area contributed by atoms with Gasteiger partial charge in [-0.2, -0.15) is 5.26 Å². The first-order valence-corrected chi connectivity index (χ1v) is 8.67. The summed E-state index contributed by atoms with van der Waals surface area (Å²) >= 11 is 4.79. The Morgan fingerprint density at radius 3 is 2.75 bits per heavy atom. The minimum atomic E-state index is -0.335. The highest BCUT2D eigenvalue weighted by Crippen LogP contribution is 2.27. The first kappa shape index (κ1) is 16.4. The van der Waals surface area contributed by atoms with E-state index in [0.29, 0.717) is 16.3 Å². The van der Waals surface area contributed by atoms with Gasteiger partial charge in [-0.25, -0.2) is 9.37 Å². The quantitative estimate of drug-likeness (QED) is 0.573. The summed E-state index contributed by atoms with van der Waals surface area (Å²) in [5.74, 6) is -0.335. The number of nitrogens with one attached hydrogen (secondary N) is 1. The molecule has 3 nitrogen and oxygen atoms in total. The van der Waals surface area contributed by atoms with Crippen LogP contribution >= 0.6 is 27.3 Å². The van der Waals surface area contributed by atoms with E-state index in [1.807, 2.05) is 29.6 Å². The molecule has 0 bridgehead atoms. The minimum absolute atomic E-state index is 0.335. The number of aromatic nitrogens is 1. The summed E-state index contributed by atoms with van der Waals surface area (Å²) in [4.78, 5) is 4.51. The molecule has 1 N–H and O–H groups in total.